The maximum atomic E-state index is 10.9. The average Bonchev–Trinajstić information content (AvgIpc) is 1.93. The molecule has 0 aliphatic rings. The van der Waals surface area contributed by atoms with Crippen LogP contribution in [0.2, 0.25) is 0 Å². The lowest BCUT2D eigenvalue weighted by Gasteiger charge is -1.98. The lowest BCUT2D eigenvalue weighted by atomic mass is 10.5. The lowest BCUT2D eigenvalue weighted by Crippen LogP contribution is -2.27. The summed E-state index contributed by atoms with van der Waals surface area (Å²) in [6.45, 7) is 1.43. The number of rotatable bonds is 1. The molecule has 0 N–H and O–H groups in total. The largest absolute Gasteiger partial charge is 0.618 e. The Kier molecular flexibility index (Phi) is 2.48. The number of hydrogen-bond donors (Lipinski definition) is 0. The summed E-state index contributed by atoms with van der Waals surface area (Å²) < 4.78 is 0.673. The van der Waals surface area contributed by atoms with Crippen LogP contribution in [0.25, 0.3) is 0 Å². The predicted molar refractivity (Wildman–Crippen MR) is 41.9 cm³/mol. The molecule has 0 spiro atoms. The van der Waals surface area contributed by atoms with Crippen molar-refractivity contribution in [2.45, 2.75) is 11.9 Å². The summed E-state index contributed by atoms with van der Waals surface area (Å²) in [5.74, 6) is 0. The number of thioether (sulfide) groups is 1. The standard InChI is InChI=1S/C7H7NO2S/c1-6(9)11-7-4-2-3-5-8(7)10/h2-5H,1H3. The SMILES string of the molecule is CC(=O)Sc1cccc[n+]1[O-]. The highest BCUT2D eigenvalue weighted by Gasteiger charge is 2.06. The fraction of sp³-hybridized carbons (Fsp3) is 0.143. The molecule has 1 heterocycles. The van der Waals surface area contributed by atoms with Crippen LogP contribution < -0.4 is 4.73 Å². The second-order valence-corrected chi connectivity index (χ2v) is 3.16. The topological polar surface area (TPSA) is 44.0 Å². The van der Waals surface area contributed by atoms with Crippen molar-refractivity contribution in [2.24, 2.45) is 0 Å². The molecule has 0 saturated heterocycles. The Morgan fingerprint density at radius 3 is 2.91 bits per heavy atom. The lowest BCUT2D eigenvalue weighted by molar-refractivity contribution is -0.645. The van der Waals surface area contributed by atoms with Gasteiger partial charge in [0.1, 0.15) is 0 Å². The third-order valence-corrected chi connectivity index (χ3v) is 1.85. The quantitative estimate of drug-likeness (QED) is 0.357. The van der Waals surface area contributed by atoms with E-state index in [0.29, 0.717) is 9.76 Å². The number of carbonyl (C=O) groups is 1. The van der Waals surface area contributed by atoms with E-state index in [0.717, 1.165) is 11.8 Å². The molecule has 0 unspecified atom stereocenters. The normalized spacial score (nSPS) is 9.55. The number of pyridine rings is 1. The monoisotopic (exact) mass is 169 g/mol. The number of hydrogen-bond acceptors (Lipinski definition) is 3. The maximum absolute atomic E-state index is 10.9. The molecule has 1 aromatic heterocycles. The van der Waals surface area contributed by atoms with Gasteiger partial charge in [-0.15, -0.1) is 0 Å². The highest BCUT2D eigenvalue weighted by Crippen LogP contribution is 2.12. The molecular formula is C7H7NO2S. The first-order valence-corrected chi connectivity index (χ1v) is 3.88. The Hall–Kier alpha value is -1.03. The van der Waals surface area contributed by atoms with Crippen LogP contribution in [0, 0.1) is 5.21 Å². The van der Waals surface area contributed by atoms with E-state index in [4.69, 9.17) is 0 Å². The second kappa shape index (κ2) is 3.39. The zero-order valence-corrected chi connectivity index (χ0v) is 6.80. The van der Waals surface area contributed by atoms with Crippen molar-refractivity contribution in [2.75, 3.05) is 0 Å². The summed E-state index contributed by atoms with van der Waals surface area (Å²) in [6.07, 6.45) is 1.37. The van der Waals surface area contributed by atoms with E-state index in [1.54, 1.807) is 18.2 Å². The van der Waals surface area contributed by atoms with Gasteiger partial charge >= 0.3 is 0 Å². The maximum Gasteiger partial charge on any atom is 0.258 e. The summed E-state index contributed by atoms with van der Waals surface area (Å²) in [6, 6.07) is 4.95. The summed E-state index contributed by atoms with van der Waals surface area (Å²) in [5.41, 5.74) is 0. The smallest absolute Gasteiger partial charge is 0.258 e. The van der Waals surface area contributed by atoms with Crippen molar-refractivity contribution in [3.8, 4) is 0 Å². The Morgan fingerprint density at radius 1 is 1.64 bits per heavy atom. The molecule has 0 bridgehead atoms. The van der Waals surface area contributed by atoms with Crippen LogP contribution in [-0.2, 0) is 4.79 Å². The third kappa shape index (κ3) is 2.23. The molecule has 0 radical (unpaired) electrons. The van der Waals surface area contributed by atoms with Gasteiger partial charge in [-0.2, -0.15) is 4.73 Å². The minimum Gasteiger partial charge on any atom is -0.618 e. The molecule has 0 saturated carbocycles. The zero-order chi connectivity index (χ0) is 8.27. The van der Waals surface area contributed by atoms with Crippen LogP contribution in [-0.4, -0.2) is 5.12 Å². The van der Waals surface area contributed by atoms with E-state index in [9.17, 15) is 10.0 Å². The van der Waals surface area contributed by atoms with Gasteiger partial charge in [-0.1, -0.05) is 0 Å². The molecule has 0 aliphatic heterocycles. The Labute approximate surface area is 68.6 Å². The molecule has 1 rings (SSSR count). The van der Waals surface area contributed by atoms with Crippen molar-refractivity contribution in [3.63, 3.8) is 0 Å². The zero-order valence-electron chi connectivity index (χ0n) is 5.98. The first kappa shape index (κ1) is 8.07. The summed E-state index contributed by atoms with van der Waals surface area (Å²) in [5, 5.41) is 11.2. The van der Waals surface area contributed by atoms with Crippen LogP contribution in [0.4, 0.5) is 0 Å². The molecule has 0 fully saturated rings. The summed E-state index contributed by atoms with van der Waals surface area (Å²) in [4.78, 5) is 10.6. The van der Waals surface area contributed by atoms with Crippen molar-refractivity contribution < 1.29 is 9.52 Å². The van der Waals surface area contributed by atoms with Crippen molar-refractivity contribution in [1.82, 2.24) is 0 Å². The van der Waals surface area contributed by atoms with Gasteiger partial charge in [-0.05, 0) is 6.07 Å². The number of carbonyl (C=O) groups excluding carboxylic acids is 1. The number of nitrogens with zero attached hydrogens (tertiary/aromatic N) is 1. The molecule has 11 heavy (non-hydrogen) atoms. The highest BCUT2D eigenvalue weighted by molar-refractivity contribution is 8.13. The van der Waals surface area contributed by atoms with Gasteiger partial charge in [-0.25, -0.2) is 0 Å². The first-order valence-electron chi connectivity index (χ1n) is 3.07. The predicted octanol–water partition coefficient (Wildman–Crippen LogP) is 0.959. The molecule has 4 heteroatoms. The van der Waals surface area contributed by atoms with E-state index < -0.39 is 0 Å². The van der Waals surface area contributed by atoms with Crippen LogP contribution in [0.5, 0.6) is 0 Å². The minimum atomic E-state index is -0.0826. The van der Waals surface area contributed by atoms with Crippen molar-refractivity contribution in [1.29, 1.82) is 0 Å². The van der Waals surface area contributed by atoms with E-state index >= 15 is 0 Å². The Morgan fingerprint density at radius 2 is 2.36 bits per heavy atom. The fourth-order valence-electron chi connectivity index (χ4n) is 0.639. The molecule has 3 nitrogen and oxygen atoms in total. The molecule has 0 aromatic carbocycles. The summed E-state index contributed by atoms with van der Waals surface area (Å²) >= 11 is 0.937. The van der Waals surface area contributed by atoms with Crippen LogP contribution >= 0.6 is 11.8 Å². The van der Waals surface area contributed by atoms with E-state index in [2.05, 4.69) is 0 Å². The Balaban J connectivity index is 2.86. The highest BCUT2D eigenvalue weighted by atomic mass is 32.2. The van der Waals surface area contributed by atoms with Gasteiger partial charge in [-0.3, -0.25) is 4.79 Å². The average molecular weight is 169 g/mol. The molecule has 0 atom stereocenters. The second-order valence-electron chi connectivity index (χ2n) is 1.96. The summed E-state index contributed by atoms with van der Waals surface area (Å²) in [7, 11) is 0. The molecule has 0 aliphatic carbocycles. The fourth-order valence-corrected chi connectivity index (χ4v) is 1.23. The van der Waals surface area contributed by atoms with Crippen molar-refractivity contribution in [3.05, 3.63) is 29.6 Å². The molecular weight excluding hydrogens is 162 g/mol. The van der Waals surface area contributed by atoms with Crippen LogP contribution in [0.15, 0.2) is 29.4 Å². The molecule has 0 amide bonds. The molecule has 58 valence electrons. The van der Waals surface area contributed by atoms with Gasteiger partial charge in [0.05, 0.1) is 0 Å². The van der Waals surface area contributed by atoms with E-state index in [-0.39, 0.29) is 5.12 Å². The van der Waals surface area contributed by atoms with Gasteiger partial charge in [0, 0.05) is 30.8 Å². The van der Waals surface area contributed by atoms with Crippen LogP contribution in [0.1, 0.15) is 6.92 Å². The van der Waals surface area contributed by atoms with Gasteiger partial charge < -0.3 is 5.21 Å². The Bertz CT molecular complexity index is 275. The molecule has 1 aromatic rings. The van der Waals surface area contributed by atoms with Crippen LogP contribution in [0.3, 0.4) is 0 Å². The van der Waals surface area contributed by atoms with E-state index in [1.807, 2.05) is 0 Å². The van der Waals surface area contributed by atoms with Gasteiger partial charge in [0.25, 0.3) is 5.03 Å². The van der Waals surface area contributed by atoms with E-state index in [1.165, 1.54) is 13.1 Å². The first-order chi connectivity index (χ1) is 5.20. The number of aromatic nitrogens is 1. The van der Waals surface area contributed by atoms with Gasteiger partial charge in [0.2, 0.25) is 0 Å². The van der Waals surface area contributed by atoms with Crippen molar-refractivity contribution >= 4 is 16.9 Å². The third-order valence-electron chi connectivity index (χ3n) is 1.04. The minimum absolute atomic E-state index is 0.0826. The van der Waals surface area contributed by atoms with Gasteiger partial charge in [0.15, 0.2) is 11.3 Å².